The van der Waals surface area contributed by atoms with Gasteiger partial charge < -0.3 is 20.8 Å². The number of pyridine rings is 1. The van der Waals surface area contributed by atoms with Crippen LogP contribution in [0.3, 0.4) is 0 Å². The molecule has 5 heteroatoms. The van der Waals surface area contributed by atoms with Crippen molar-refractivity contribution < 1.29 is 4.74 Å². The van der Waals surface area contributed by atoms with Crippen LogP contribution in [0.4, 0.5) is 5.82 Å². The number of aryl methyl sites for hydroxylation is 1. The van der Waals surface area contributed by atoms with E-state index in [0.29, 0.717) is 19.0 Å². The number of nitrogens with two attached hydrogens (primary N) is 2. The third kappa shape index (κ3) is 4.25. The van der Waals surface area contributed by atoms with Crippen molar-refractivity contribution in [1.82, 2.24) is 9.55 Å². The molecule has 0 aliphatic heterocycles. The van der Waals surface area contributed by atoms with Crippen LogP contribution in [0, 0.1) is 0 Å². The molecule has 0 amide bonds. The molecule has 2 aromatic heterocycles. The van der Waals surface area contributed by atoms with Crippen molar-refractivity contribution in [3.05, 3.63) is 78.6 Å². The molecule has 0 fully saturated rings. The molecule has 0 unspecified atom stereocenters. The molecule has 2 aromatic carbocycles. The van der Waals surface area contributed by atoms with Gasteiger partial charge in [0.1, 0.15) is 18.2 Å². The van der Waals surface area contributed by atoms with Crippen molar-refractivity contribution in [2.24, 2.45) is 5.73 Å². The molecule has 0 radical (unpaired) electrons. The van der Waals surface area contributed by atoms with Crippen molar-refractivity contribution in [3.8, 4) is 16.9 Å². The second-order valence-electron chi connectivity index (χ2n) is 7.12. The van der Waals surface area contributed by atoms with E-state index in [0.717, 1.165) is 52.7 Å². The Kier molecular flexibility index (Phi) is 5.77. The molecular formula is C24H26N4O. The molecule has 148 valence electrons. The Morgan fingerprint density at radius 3 is 2.66 bits per heavy atom. The van der Waals surface area contributed by atoms with Gasteiger partial charge in [0.05, 0.1) is 5.52 Å². The van der Waals surface area contributed by atoms with Gasteiger partial charge in [-0.25, -0.2) is 4.98 Å². The predicted molar refractivity (Wildman–Crippen MR) is 119 cm³/mol. The summed E-state index contributed by atoms with van der Waals surface area (Å²) < 4.78 is 8.26. The molecule has 0 aliphatic carbocycles. The van der Waals surface area contributed by atoms with E-state index < -0.39 is 0 Å². The maximum Gasteiger partial charge on any atom is 0.133 e. The van der Waals surface area contributed by atoms with E-state index in [4.69, 9.17) is 16.2 Å². The minimum absolute atomic E-state index is 0.537. The van der Waals surface area contributed by atoms with Crippen LogP contribution in [0.15, 0.2) is 73.1 Å². The van der Waals surface area contributed by atoms with E-state index in [1.165, 1.54) is 0 Å². The molecule has 0 atom stereocenters. The normalized spacial score (nSPS) is 11.1. The van der Waals surface area contributed by atoms with Crippen molar-refractivity contribution in [1.29, 1.82) is 0 Å². The summed E-state index contributed by atoms with van der Waals surface area (Å²) in [5.41, 5.74) is 16.3. The molecule has 4 N–H and O–H groups in total. The first-order valence-electron chi connectivity index (χ1n) is 9.97. The Hall–Kier alpha value is -3.31. The van der Waals surface area contributed by atoms with Crippen molar-refractivity contribution in [2.45, 2.75) is 26.0 Å². The van der Waals surface area contributed by atoms with Gasteiger partial charge >= 0.3 is 0 Å². The zero-order chi connectivity index (χ0) is 20.1. The number of nitrogen functional groups attached to an aromatic ring is 1. The summed E-state index contributed by atoms with van der Waals surface area (Å²) in [6.45, 7) is 2.15. The molecule has 29 heavy (non-hydrogen) atoms. The number of unbranched alkanes of at least 4 members (excludes halogenated alkanes) is 1. The van der Waals surface area contributed by atoms with E-state index in [9.17, 15) is 0 Å². The van der Waals surface area contributed by atoms with Crippen molar-refractivity contribution in [3.63, 3.8) is 0 Å². The Morgan fingerprint density at radius 1 is 0.966 bits per heavy atom. The van der Waals surface area contributed by atoms with Crippen LogP contribution >= 0.6 is 0 Å². The van der Waals surface area contributed by atoms with Crippen LogP contribution in [-0.2, 0) is 13.2 Å². The van der Waals surface area contributed by atoms with Gasteiger partial charge in [-0.1, -0.05) is 42.5 Å². The molecule has 0 bridgehead atoms. The van der Waals surface area contributed by atoms with Gasteiger partial charge in [-0.05, 0) is 48.7 Å². The van der Waals surface area contributed by atoms with Crippen molar-refractivity contribution >= 4 is 16.7 Å². The standard InChI is InChI=1S/C24H26N4O/c25-12-4-5-14-28-16-21(23-22(28)11-13-27-24(23)26)19-9-6-10-20(15-19)29-17-18-7-2-1-3-8-18/h1-3,6-11,13,15-16H,4-5,12,14,17,25H2,(H2,26,27). The van der Waals surface area contributed by atoms with Gasteiger partial charge in [0.2, 0.25) is 0 Å². The van der Waals surface area contributed by atoms with Gasteiger partial charge in [0, 0.05) is 29.9 Å². The zero-order valence-electron chi connectivity index (χ0n) is 16.4. The highest BCUT2D eigenvalue weighted by atomic mass is 16.5. The van der Waals surface area contributed by atoms with E-state index in [1.807, 2.05) is 36.4 Å². The van der Waals surface area contributed by atoms with Crippen LogP contribution in [0.2, 0.25) is 0 Å². The van der Waals surface area contributed by atoms with E-state index in [2.05, 4.69) is 40.0 Å². The lowest BCUT2D eigenvalue weighted by Crippen LogP contribution is -2.02. The Labute approximate surface area is 170 Å². The molecule has 0 saturated heterocycles. The molecule has 4 rings (SSSR count). The van der Waals surface area contributed by atoms with Crippen LogP contribution in [0.5, 0.6) is 5.75 Å². The summed E-state index contributed by atoms with van der Waals surface area (Å²) in [5.74, 6) is 1.38. The van der Waals surface area contributed by atoms with Gasteiger partial charge in [0.25, 0.3) is 0 Å². The summed E-state index contributed by atoms with van der Waals surface area (Å²) in [5, 5.41) is 0.987. The van der Waals surface area contributed by atoms with E-state index >= 15 is 0 Å². The molecule has 2 heterocycles. The molecule has 0 saturated carbocycles. The maximum atomic E-state index is 6.26. The van der Waals surface area contributed by atoms with Gasteiger partial charge in [-0.15, -0.1) is 0 Å². The third-order valence-corrected chi connectivity index (χ3v) is 5.07. The number of hydrogen-bond acceptors (Lipinski definition) is 4. The molecular weight excluding hydrogens is 360 g/mol. The van der Waals surface area contributed by atoms with Gasteiger partial charge in [-0.2, -0.15) is 0 Å². The molecule has 4 aromatic rings. The van der Waals surface area contributed by atoms with Crippen LogP contribution in [-0.4, -0.2) is 16.1 Å². The van der Waals surface area contributed by atoms with E-state index in [-0.39, 0.29) is 0 Å². The molecule has 0 aliphatic rings. The Balaban J connectivity index is 1.65. The second-order valence-corrected chi connectivity index (χ2v) is 7.12. The number of anilines is 1. The van der Waals surface area contributed by atoms with Crippen LogP contribution in [0.25, 0.3) is 22.0 Å². The van der Waals surface area contributed by atoms with Crippen LogP contribution < -0.4 is 16.2 Å². The smallest absolute Gasteiger partial charge is 0.133 e. The average molecular weight is 386 g/mol. The summed E-state index contributed by atoms with van der Waals surface area (Å²) in [7, 11) is 0. The fourth-order valence-corrected chi connectivity index (χ4v) is 3.60. The third-order valence-electron chi connectivity index (χ3n) is 5.07. The number of hydrogen-bond donors (Lipinski definition) is 2. The number of rotatable bonds is 8. The molecule has 5 nitrogen and oxygen atoms in total. The number of ether oxygens (including phenoxy) is 1. The van der Waals surface area contributed by atoms with Gasteiger partial charge in [0.15, 0.2) is 0 Å². The first-order valence-corrected chi connectivity index (χ1v) is 9.97. The summed E-state index contributed by atoms with van der Waals surface area (Å²) in [6, 6.07) is 20.3. The number of benzene rings is 2. The Bertz CT molecular complexity index is 1090. The quantitative estimate of drug-likeness (QED) is 0.434. The maximum absolute atomic E-state index is 6.26. The predicted octanol–water partition coefficient (Wildman–Crippen LogP) is 4.60. The number of fused-ring (bicyclic) bond motifs is 1. The van der Waals surface area contributed by atoms with Crippen LogP contribution in [0.1, 0.15) is 18.4 Å². The topological polar surface area (TPSA) is 79.1 Å². The highest BCUT2D eigenvalue weighted by Gasteiger charge is 2.14. The lowest BCUT2D eigenvalue weighted by molar-refractivity contribution is 0.306. The first-order chi connectivity index (χ1) is 14.3. The first kappa shape index (κ1) is 19.0. The highest BCUT2D eigenvalue weighted by molar-refractivity contribution is 6.02. The fraction of sp³-hybridized carbons (Fsp3) is 0.208. The lowest BCUT2D eigenvalue weighted by atomic mass is 10.1. The second kappa shape index (κ2) is 8.80. The molecule has 0 spiro atoms. The summed E-state index contributed by atoms with van der Waals surface area (Å²) in [6.07, 6.45) is 5.95. The fourth-order valence-electron chi connectivity index (χ4n) is 3.60. The number of aromatic nitrogens is 2. The highest BCUT2D eigenvalue weighted by Crippen LogP contribution is 2.35. The number of nitrogens with zero attached hydrogens (tertiary/aromatic N) is 2. The minimum atomic E-state index is 0.537. The average Bonchev–Trinajstić information content (AvgIpc) is 3.14. The summed E-state index contributed by atoms with van der Waals surface area (Å²) >= 11 is 0. The zero-order valence-corrected chi connectivity index (χ0v) is 16.4. The van der Waals surface area contributed by atoms with Gasteiger partial charge in [-0.3, -0.25) is 0 Å². The lowest BCUT2D eigenvalue weighted by Gasteiger charge is -2.08. The minimum Gasteiger partial charge on any atom is -0.489 e. The van der Waals surface area contributed by atoms with E-state index in [1.54, 1.807) is 6.20 Å². The SMILES string of the molecule is NCCCCn1cc(-c2cccc(OCc3ccccc3)c2)c2c(N)nccc21. The van der Waals surface area contributed by atoms with Crippen molar-refractivity contribution in [2.75, 3.05) is 12.3 Å². The monoisotopic (exact) mass is 386 g/mol. The Morgan fingerprint density at radius 2 is 1.83 bits per heavy atom. The summed E-state index contributed by atoms with van der Waals surface area (Å²) in [4.78, 5) is 4.31. The largest absolute Gasteiger partial charge is 0.489 e.